The van der Waals surface area contributed by atoms with Gasteiger partial charge in [0.2, 0.25) is 0 Å². The van der Waals surface area contributed by atoms with Crippen molar-refractivity contribution in [1.29, 1.82) is 0 Å². The predicted molar refractivity (Wildman–Crippen MR) is 89.6 cm³/mol. The molecule has 0 heterocycles. The molecule has 1 unspecified atom stereocenters. The van der Waals surface area contributed by atoms with E-state index < -0.39 is 0 Å². The minimum atomic E-state index is 0.462. The standard InChI is InChI=1S/C19H31NO/c1-4-19(13-6-7-14-19)18(20-5-2)17-10-8-16(9-11-17)12-15-21-3/h8-11,18,20H,4-7,12-15H2,1-3H3. The molecular weight excluding hydrogens is 258 g/mol. The van der Waals surface area contributed by atoms with Crippen molar-refractivity contribution in [3.05, 3.63) is 35.4 Å². The van der Waals surface area contributed by atoms with Crippen molar-refractivity contribution in [3.63, 3.8) is 0 Å². The Morgan fingerprint density at radius 2 is 1.81 bits per heavy atom. The molecule has 2 rings (SSSR count). The fourth-order valence-electron chi connectivity index (χ4n) is 3.91. The van der Waals surface area contributed by atoms with E-state index in [0.717, 1.165) is 19.6 Å². The van der Waals surface area contributed by atoms with Crippen LogP contribution in [0.25, 0.3) is 0 Å². The Kier molecular flexibility index (Phi) is 6.25. The normalized spacial score (nSPS) is 18.8. The number of nitrogens with one attached hydrogen (secondary N) is 1. The number of rotatable bonds is 8. The maximum atomic E-state index is 5.16. The summed E-state index contributed by atoms with van der Waals surface area (Å²) in [5.74, 6) is 0. The lowest BCUT2D eigenvalue weighted by Crippen LogP contribution is -2.36. The molecule has 1 aliphatic carbocycles. The van der Waals surface area contributed by atoms with E-state index >= 15 is 0 Å². The van der Waals surface area contributed by atoms with Crippen molar-refractivity contribution in [2.24, 2.45) is 5.41 Å². The fraction of sp³-hybridized carbons (Fsp3) is 0.684. The van der Waals surface area contributed by atoms with E-state index in [0.29, 0.717) is 11.5 Å². The quantitative estimate of drug-likeness (QED) is 0.761. The summed E-state index contributed by atoms with van der Waals surface area (Å²) in [5, 5.41) is 3.77. The van der Waals surface area contributed by atoms with Crippen LogP contribution in [-0.2, 0) is 11.2 Å². The SMILES string of the molecule is CCNC(c1ccc(CCOC)cc1)C1(CC)CCCC1. The molecule has 1 aromatic carbocycles. The van der Waals surface area contributed by atoms with Crippen molar-refractivity contribution in [2.75, 3.05) is 20.3 Å². The maximum absolute atomic E-state index is 5.16. The zero-order valence-electron chi connectivity index (χ0n) is 14.0. The summed E-state index contributed by atoms with van der Waals surface area (Å²) in [6.45, 7) is 6.42. The molecule has 1 saturated carbocycles. The van der Waals surface area contributed by atoms with Crippen LogP contribution in [0, 0.1) is 5.41 Å². The second kappa shape index (κ2) is 7.95. The Hall–Kier alpha value is -0.860. The van der Waals surface area contributed by atoms with Gasteiger partial charge in [-0.25, -0.2) is 0 Å². The van der Waals surface area contributed by atoms with Crippen molar-refractivity contribution < 1.29 is 4.74 Å². The molecule has 1 aliphatic rings. The number of hydrogen-bond donors (Lipinski definition) is 1. The summed E-state index contributed by atoms with van der Waals surface area (Å²) in [5.41, 5.74) is 3.29. The zero-order chi connectivity index (χ0) is 15.1. The topological polar surface area (TPSA) is 21.3 Å². The molecule has 1 aromatic rings. The minimum absolute atomic E-state index is 0.462. The molecule has 2 nitrogen and oxygen atoms in total. The molecule has 0 radical (unpaired) electrons. The highest BCUT2D eigenvalue weighted by Gasteiger charge is 2.39. The van der Waals surface area contributed by atoms with Gasteiger partial charge in [0.25, 0.3) is 0 Å². The second-order valence-electron chi connectivity index (χ2n) is 6.40. The molecule has 0 spiro atoms. The van der Waals surface area contributed by atoms with Gasteiger partial charge in [-0.2, -0.15) is 0 Å². The number of benzene rings is 1. The molecule has 0 saturated heterocycles. The lowest BCUT2D eigenvalue weighted by atomic mass is 9.73. The summed E-state index contributed by atoms with van der Waals surface area (Å²) in [6, 6.07) is 9.71. The van der Waals surface area contributed by atoms with E-state index in [1.165, 1.54) is 43.2 Å². The third-order valence-corrected chi connectivity index (χ3v) is 5.23. The summed E-state index contributed by atoms with van der Waals surface area (Å²) in [7, 11) is 1.76. The minimum Gasteiger partial charge on any atom is -0.384 e. The highest BCUT2D eigenvalue weighted by molar-refractivity contribution is 5.27. The summed E-state index contributed by atoms with van der Waals surface area (Å²) in [6.07, 6.45) is 7.79. The van der Waals surface area contributed by atoms with Crippen LogP contribution in [0.3, 0.4) is 0 Å². The third-order valence-electron chi connectivity index (χ3n) is 5.23. The van der Waals surface area contributed by atoms with Gasteiger partial charge >= 0.3 is 0 Å². The van der Waals surface area contributed by atoms with Crippen LogP contribution in [0.4, 0.5) is 0 Å². The van der Waals surface area contributed by atoms with Gasteiger partial charge in [-0.05, 0) is 48.8 Å². The van der Waals surface area contributed by atoms with Gasteiger partial charge in [-0.1, -0.05) is 51.0 Å². The number of methoxy groups -OCH3 is 1. The fourth-order valence-corrected chi connectivity index (χ4v) is 3.91. The summed E-state index contributed by atoms with van der Waals surface area (Å²) >= 11 is 0. The molecule has 118 valence electrons. The van der Waals surface area contributed by atoms with Crippen molar-refractivity contribution >= 4 is 0 Å². The summed E-state index contributed by atoms with van der Waals surface area (Å²) in [4.78, 5) is 0. The van der Waals surface area contributed by atoms with Gasteiger partial charge in [-0.15, -0.1) is 0 Å². The molecule has 0 aromatic heterocycles. The van der Waals surface area contributed by atoms with E-state index in [2.05, 4.69) is 43.4 Å². The molecule has 1 N–H and O–H groups in total. The molecule has 21 heavy (non-hydrogen) atoms. The van der Waals surface area contributed by atoms with Gasteiger partial charge in [0.15, 0.2) is 0 Å². The highest BCUT2D eigenvalue weighted by Crippen LogP contribution is 2.50. The van der Waals surface area contributed by atoms with E-state index in [1.54, 1.807) is 7.11 Å². The van der Waals surface area contributed by atoms with Gasteiger partial charge < -0.3 is 10.1 Å². The first-order valence-electron chi connectivity index (χ1n) is 8.57. The van der Waals surface area contributed by atoms with E-state index in [4.69, 9.17) is 4.74 Å². The maximum Gasteiger partial charge on any atom is 0.0502 e. The van der Waals surface area contributed by atoms with Gasteiger partial charge in [-0.3, -0.25) is 0 Å². The average Bonchev–Trinajstić information content (AvgIpc) is 3.01. The average molecular weight is 289 g/mol. The van der Waals surface area contributed by atoms with E-state index in [9.17, 15) is 0 Å². The summed E-state index contributed by atoms with van der Waals surface area (Å²) < 4.78 is 5.16. The van der Waals surface area contributed by atoms with Gasteiger partial charge in [0, 0.05) is 13.2 Å². The zero-order valence-corrected chi connectivity index (χ0v) is 14.0. The molecule has 0 amide bonds. The van der Waals surface area contributed by atoms with Crippen LogP contribution < -0.4 is 5.32 Å². The van der Waals surface area contributed by atoms with Crippen LogP contribution >= 0.6 is 0 Å². The first kappa shape index (κ1) is 16.5. The van der Waals surface area contributed by atoms with Crippen LogP contribution in [0.15, 0.2) is 24.3 Å². The lowest BCUT2D eigenvalue weighted by Gasteiger charge is -2.38. The monoisotopic (exact) mass is 289 g/mol. The Morgan fingerprint density at radius 3 is 2.33 bits per heavy atom. The first-order valence-corrected chi connectivity index (χ1v) is 8.57. The van der Waals surface area contributed by atoms with Crippen molar-refractivity contribution in [1.82, 2.24) is 5.32 Å². The van der Waals surface area contributed by atoms with Crippen molar-refractivity contribution in [2.45, 2.75) is 58.4 Å². The first-order chi connectivity index (χ1) is 10.3. The van der Waals surface area contributed by atoms with E-state index in [-0.39, 0.29) is 0 Å². The predicted octanol–water partition coefficient (Wildman–Crippen LogP) is 4.50. The largest absolute Gasteiger partial charge is 0.384 e. The highest BCUT2D eigenvalue weighted by atomic mass is 16.5. The molecule has 1 fully saturated rings. The Labute approximate surface area is 130 Å². The number of hydrogen-bond acceptors (Lipinski definition) is 2. The third kappa shape index (κ3) is 3.87. The molecule has 0 bridgehead atoms. The molecule has 0 aliphatic heterocycles. The van der Waals surface area contributed by atoms with Crippen LogP contribution in [0.1, 0.15) is 63.1 Å². The van der Waals surface area contributed by atoms with Crippen molar-refractivity contribution in [3.8, 4) is 0 Å². The Morgan fingerprint density at radius 1 is 1.14 bits per heavy atom. The molecule has 1 atom stereocenters. The van der Waals surface area contributed by atoms with Crippen LogP contribution in [0.2, 0.25) is 0 Å². The van der Waals surface area contributed by atoms with Crippen LogP contribution in [-0.4, -0.2) is 20.3 Å². The van der Waals surface area contributed by atoms with Gasteiger partial charge in [0.05, 0.1) is 6.61 Å². The van der Waals surface area contributed by atoms with Gasteiger partial charge in [0.1, 0.15) is 0 Å². The second-order valence-corrected chi connectivity index (χ2v) is 6.40. The Balaban J connectivity index is 2.17. The van der Waals surface area contributed by atoms with Crippen LogP contribution in [0.5, 0.6) is 0 Å². The molecule has 2 heteroatoms. The Bertz CT molecular complexity index is 406. The smallest absolute Gasteiger partial charge is 0.0502 e. The number of ether oxygens (including phenoxy) is 1. The lowest BCUT2D eigenvalue weighted by molar-refractivity contribution is 0.189. The molecular formula is C19H31NO. The van der Waals surface area contributed by atoms with E-state index in [1.807, 2.05) is 0 Å².